The zero-order valence-corrected chi connectivity index (χ0v) is 14.9. The van der Waals surface area contributed by atoms with Crippen LogP contribution in [-0.4, -0.2) is 31.8 Å². The summed E-state index contributed by atoms with van der Waals surface area (Å²) in [7, 11) is 1.72. The molecule has 1 fully saturated rings. The Labute approximate surface area is 149 Å². The van der Waals surface area contributed by atoms with Crippen molar-refractivity contribution < 1.29 is 14.2 Å². The molecule has 4 rings (SSSR count). The average molecular weight is 339 g/mol. The predicted octanol–water partition coefficient (Wildman–Crippen LogP) is 3.86. The highest BCUT2D eigenvalue weighted by molar-refractivity contribution is 5.49. The molecule has 4 heteroatoms. The van der Waals surface area contributed by atoms with Crippen LogP contribution in [0.15, 0.2) is 48.5 Å². The van der Waals surface area contributed by atoms with E-state index in [1.54, 1.807) is 7.11 Å². The molecule has 1 heterocycles. The SMILES string of the molecule is CCN(Cc1ccccc1)C1CC2(OCCO2)c2c(OC)cccc21. The van der Waals surface area contributed by atoms with E-state index in [-0.39, 0.29) is 6.04 Å². The van der Waals surface area contributed by atoms with Crippen LogP contribution in [0.25, 0.3) is 0 Å². The Bertz CT molecular complexity index is 725. The summed E-state index contributed by atoms with van der Waals surface area (Å²) in [5, 5.41) is 0. The third-order valence-corrected chi connectivity index (χ3v) is 5.31. The van der Waals surface area contributed by atoms with Crippen LogP contribution in [0.2, 0.25) is 0 Å². The first-order valence-electron chi connectivity index (χ1n) is 9.00. The second-order valence-electron chi connectivity index (χ2n) is 6.64. The minimum Gasteiger partial charge on any atom is -0.496 e. The molecule has 4 nitrogen and oxygen atoms in total. The monoisotopic (exact) mass is 339 g/mol. The molecule has 25 heavy (non-hydrogen) atoms. The smallest absolute Gasteiger partial charge is 0.200 e. The second kappa shape index (κ2) is 6.79. The van der Waals surface area contributed by atoms with Gasteiger partial charge in [-0.2, -0.15) is 0 Å². The molecule has 1 aliphatic heterocycles. The van der Waals surface area contributed by atoms with Crippen molar-refractivity contribution in [2.45, 2.75) is 31.7 Å². The lowest BCUT2D eigenvalue weighted by Crippen LogP contribution is -2.30. The average Bonchev–Trinajstić information content (AvgIpc) is 3.26. The van der Waals surface area contributed by atoms with E-state index in [9.17, 15) is 0 Å². The summed E-state index contributed by atoms with van der Waals surface area (Å²) in [5.41, 5.74) is 3.66. The minimum absolute atomic E-state index is 0.258. The zero-order chi connectivity index (χ0) is 17.3. The number of hydrogen-bond donors (Lipinski definition) is 0. The quantitative estimate of drug-likeness (QED) is 0.828. The summed E-state index contributed by atoms with van der Waals surface area (Å²) in [6.07, 6.45) is 0.809. The van der Waals surface area contributed by atoms with Crippen LogP contribution < -0.4 is 4.74 Å². The molecule has 2 aromatic carbocycles. The number of fused-ring (bicyclic) bond motifs is 2. The topological polar surface area (TPSA) is 30.9 Å². The highest BCUT2D eigenvalue weighted by Gasteiger charge is 2.51. The van der Waals surface area contributed by atoms with E-state index in [2.05, 4.69) is 54.3 Å². The van der Waals surface area contributed by atoms with Crippen LogP contribution in [0, 0.1) is 0 Å². The number of rotatable bonds is 5. The maximum absolute atomic E-state index is 6.12. The fourth-order valence-electron chi connectivity index (χ4n) is 4.17. The molecule has 132 valence electrons. The van der Waals surface area contributed by atoms with Crippen molar-refractivity contribution in [3.63, 3.8) is 0 Å². The molecule has 0 amide bonds. The Morgan fingerprint density at radius 1 is 1.08 bits per heavy atom. The lowest BCUT2D eigenvalue weighted by molar-refractivity contribution is -0.171. The van der Waals surface area contributed by atoms with E-state index < -0.39 is 5.79 Å². The van der Waals surface area contributed by atoms with Gasteiger partial charge in [-0.15, -0.1) is 0 Å². The van der Waals surface area contributed by atoms with Gasteiger partial charge in [-0.3, -0.25) is 4.90 Å². The van der Waals surface area contributed by atoms with E-state index in [1.807, 2.05) is 6.07 Å². The summed E-state index contributed by atoms with van der Waals surface area (Å²) >= 11 is 0. The van der Waals surface area contributed by atoms with Crippen LogP contribution in [0.3, 0.4) is 0 Å². The highest BCUT2D eigenvalue weighted by Crippen LogP contribution is 2.54. The van der Waals surface area contributed by atoms with Gasteiger partial charge in [-0.05, 0) is 23.7 Å². The van der Waals surface area contributed by atoms with Gasteiger partial charge in [0.05, 0.1) is 25.9 Å². The highest BCUT2D eigenvalue weighted by atomic mass is 16.7. The van der Waals surface area contributed by atoms with E-state index in [4.69, 9.17) is 14.2 Å². The van der Waals surface area contributed by atoms with Gasteiger partial charge in [0.15, 0.2) is 0 Å². The summed E-state index contributed by atoms with van der Waals surface area (Å²) in [5.74, 6) is 0.203. The molecule has 0 N–H and O–H groups in total. The fourth-order valence-corrected chi connectivity index (χ4v) is 4.17. The van der Waals surface area contributed by atoms with Crippen molar-refractivity contribution in [2.75, 3.05) is 26.9 Å². The van der Waals surface area contributed by atoms with E-state index in [1.165, 1.54) is 11.1 Å². The molecule has 1 saturated heterocycles. The molecule has 0 saturated carbocycles. The lowest BCUT2D eigenvalue weighted by atomic mass is 10.0. The van der Waals surface area contributed by atoms with Gasteiger partial charge in [-0.1, -0.05) is 49.4 Å². The van der Waals surface area contributed by atoms with Crippen LogP contribution in [0.5, 0.6) is 5.75 Å². The predicted molar refractivity (Wildman–Crippen MR) is 96.5 cm³/mol. The van der Waals surface area contributed by atoms with Crippen molar-refractivity contribution in [3.05, 3.63) is 65.2 Å². The van der Waals surface area contributed by atoms with E-state index in [0.717, 1.165) is 30.8 Å². The number of benzene rings is 2. The first-order chi connectivity index (χ1) is 12.3. The van der Waals surface area contributed by atoms with Crippen molar-refractivity contribution in [1.29, 1.82) is 0 Å². The number of nitrogens with zero attached hydrogens (tertiary/aromatic N) is 1. The summed E-state index contributed by atoms with van der Waals surface area (Å²) in [6.45, 7) is 5.36. The van der Waals surface area contributed by atoms with Crippen LogP contribution in [-0.2, 0) is 21.8 Å². The molecule has 1 atom stereocenters. The maximum Gasteiger partial charge on any atom is 0.200 e. The molecule has 0 radical (unpaired) electrons. The lowest BCUT2D eigenvalue weighted by Gasteiger charge is -2.29. The Morgan fingerprint density at radius 2 is 1.84 bits per heavy atom. The van der Waals surface area contributed by atoms with Crippen molar-refractivity contribution in [2.24, 2.45) is 0 Å². The number of ether oxygens (including phenoxy) is 3. The molecule has 2 aromatic rings. The minimum atomic E-state index is -0.656. The Kier molecular flexibility index (Phi) is 4.50. The summed E-state index contributed by atoms with van der Waals surface area (Å²) in [6, 6.07) is 17.1. The Morgan fingerprint density at radius 3 is 2.52 bits per heavy atom. The van der Waals surface area contributed by atoms with Gasteiger partial charge in [0, 0.05) is 19.0 Å². The van der Waals surface area contributed by atoms with Gasteiger partial charge in [0.1, 0.15) is 5.75 Å². The third-order valence-electron chi connectivity index (χ3n) is 5.31. The Hall–Kier alpha value is -1.88. The van der Waals surface area contributed by atoms with E-state index >= 15 is 0 Å². The molecule has 1 unspecified atom stereocenters. The van der Waals surface area contributed by atoms with Crippen molar-refractivity contribution in [1.82, 2.24) is 4.90 Å². The van der Waals surface area contributed by atoms with Gasteiger partial charge in [0.2, 0.25) is 5.79 Å². The number of methoxy groups -OCH3 is 1. The van der Waals surface area contributed by atoms with E-state index in [0.29, 0.717) is 13.2 Å². The standard InChI is InChI=1S/C21H25NO3/c1-3-22(15-16-8-5-4-6-9-16)18-14-21(24-12-13-25-21)20-17(18)10-7-11-19(20)23-2/h4-11,18H,3,12-15H2,1-2H3. The van der Waals surface area contributed by atoms with Crippen molar-refractivity contribution >= 4 is 0 Å². The summed E-state index contributed by atoms with van der Waals surface area (Å²) < 4.78 is 17.9. The fraction of sp³-hybridized carbons (Fsp3) is 0.429. The molecular formula is C21H25NO3. The van der Waals surface area contributed by atoms with Crippen LogP contribution >= 0.6 is 0 Å². The van der Waals surface area contributed by atoms with Crippen LogP contribution in [0.4, 0.5) is 0 Å². The zero-order valence-electron chi connectivity index (χ0n) is 14.9. The molecule has 0 bridgehead atoms. The molecule has 1 aliphatic carbocycles. The van der Waals surface area contributed by atoms with Gasteiger partial charge in [-0.25, -0.2) is 0 Å². The molecule has 1 spiro atoms. The normalized spacial score (nSPS) is 21.0. The van der Waals surface area contributed by atoms with Gasteiger partial charge >= 0.3 is 0 Å². The van der Waals surface area contributed by atoms with Gasteiger partial charge in [0.25, 0.3) is 0 Å². The van der Waals surface area contributed by atoms with Gasteiger partial charge < -0.3 is 14.2 Å². The van der Waals surface area contributed by atoms with Crippen molar-refractivity contribution in [3.8, 4) is 5.75 Å². The van der Waals surface area contributed by atoms with Crippen LogP contribution in [0.1, 0.15) is 36.1 Å². The third kappa shape index (κ3) is 2.84. The molecule has 0 aromatic heterocycles. The second-order valence-corrected chi connectivity index (χ2v) is 6.64. The first-order valence-corrected chi connectivity index (χ1v) is 9.00. The Balaban J connectivity index is 1.71. The maximum atomic E-state index is 6.12. The summed E-state index contributed by atoms with van der Waals surface area (Å²) in [4.78, 5) is 2.49. The first kappa shape index (κ1) is 16.6. The largest absolute Gasteiger partial charge is 0.496 e. The molecular weight excluding hydrogens is 314 g/mol. The number of hydrogen-bond acceptors (Lipinski definition) is 4. The molecule has 2 aliphatic rings.